The van der Waals surface area contributed by atoms with Gasteiger partial charge in [-0.1, -0.05) is 25.3 Å². The molecule has 55 heavy (non-hydrogen) atoms. The number of benzene rings is 2. The normalized spacial score (nSPS) is 21.5. The zero-order chi connectivity index (χ0) is 38.6. The average Bonchev–Trinajstić information content (AvgIpc) is 3.68. The van der Waals surface area contributed by atoms with Crippen molar-refractivity contribution in [3.8, 4) is 17.0 Å². The van der Waals surface area contributed by atoms with Gasteiger partial charge in [-0.15, -0.1) is 0 Å². The minimum atomic E-state index is -4.06. The van der Waals surface area contributed by atoms with Gasteiger partial charge in [0.05, 0.1) is 50.0 Å². The molecule has 14 heteroatoms. The molecule has 4 aromatic rings. The van der Waals surface area contributed by atoms with Crippen molar-refractivity contribution < 1.29 is 27.5 Å². The second-order valence-electron chi connectivity index (χ2n) is 15.6. The van der Waals surface area contributed by atoms with Crippen molar-refractivity contribution in [3.63, 3.8) is 0 Å². The van der Waals surface area contributed by atoms with Crippen LogP contribution in [-0.4, -0.2) is 114 Å². The highest BCUT2D eigenvalue weighted by Crippen LogP contribution is 2.48. The van der Waals surface area contributed by atoms with E-state index >= 15 is 0 Å². The topological polar surface area (TPSA) is 131 Å². The van der Waals surface area contributed by atoms with Crippen LogP contribution < -0.4 is 9.46 Å². The van der Waals surface area contributed by atoms with E-state index in [1.54, 1.807) is 24.1 Å². The van der Waals surface area contributed by atoms with Crippen LogP contribution in [-0.2, 0) is 28.5 Å². The van der Waals surface area contributed by atoms with Crippen LogP contribution >= 0.6 is 0 Å². The molecule has 8 rings (SSSR count). The molecule has 13 nitrogen and oxygen atoms in total. The standard InChI is InChI=1S/C41H51N7O6S/c1-26-23-46(24-27(2)44(26)3)41(50)35-22-42-45(4)38(35)31-19-30-20-32(53-5)12-14-33(30)39-37(28-9-7-6-8-10-28)34-13-11-29(21-36(34)48(39)25-31)40(49)43-55(51,52)47-15-17-54-18-16-47/h11-14,19-22,26-28H,6-10,15-18,23-25H2,1-5H3,(H,43,49). The lowest BCUT2D eigenvalue weighted by molar-refractivity contribution is 0.0414. The lowest BCUT2D eigenvalue weighted by Gasteiger charge is -2.42. The molecule has 2 aromatic carbocycles. The van der Waals surface area contributed by atoms with Gasteiger partial charge in [0.1, 0.15) is 5.75 Å². The molecule has 4 aliphatic rings. The Morgan fingerprint density at radius 1 is 0.945 bits per heavy atom. The van der Waals surface area contributed by atoms with E-state index in [-0.39, 0.29) is 49.9 Å². The molecule has 0 radical (unpaired) electrons. The van der Waals surface area contributed by atoms with Gasteiger partial charge in [0, 0.05) is 67.3 Å². The van der Waals surface area contributed by atoms with Crippen molar-refractivity contribution in [2.24, 2.45) is 7.05 Å². The summed E-state index contributed by atoms with van der Waals surface area (Å²) >= 11 is 0. The van der Waals surface area contributed by atoms with Gasteiger partial charge in [-0.25, -0.2) is 4.72 Å². The summed E-state index contributed by atoms with van der Waals surface area (Å²) in [6, 6.07) is 12.1. The highest BCUT2D eigenvalue weighted by molar-refractivity contribution is 7.87. The Morgan fingerprint density at radius 3 is 2.38 bits per heavy atom. The number of likely N-dealkylation sites (N-methyl/N-ethyl adjacent to an activating group) is 1. The number of hydrogen-bond acceptors (Lipinski definition) is 8. The number of amides is 2. The van der Waals surface area contributed by atoms with Crippen LogP contribution in [0.2, 0.25) is 0 Å². The first-order valence-electron chi connectivity index (χ1n) is 19.4. The monoisotopic (exact) mass is 769 g/mol. The van der Waals surface area contributed by atoms with Crippen LogP contribution in [0.5, 0.6) is 5.75 Å². The van der Waals surface area contributed by atoms with E-state index < -0.39 is 16.1 Å². The number of aryl methyl sites for hydroxylation is 1. The average molecular weight is 770 g/mol. The number of carbonyl (C=O) groups excluding carboxylic acids is 2. The Hall–Kier alpha value is -4.50. The molecule has 2 aromatic heterocycles. The van der Waals surface area contributed by atoms with Crippen LogP contribution in [0, 0.1) is 0 Å². The Balaban J connectivity index is 1.28. The number of hydrogen-bond donors (Lipinski definition) is 1. The molecular formula is C41H51N7O6S. The van der Waals surface area contributed by atoms with Gasteiger partial charge in [0.15, 0.2) is 0 Å². The van der Waals surface area contributed by atoms with Crippen molar-refractivity contribution in [2.45, 2.75) is 70.5 Å². The van der Waals surface area contributed by atoms with Gasteiger partial charge in [0.2, 0.25) is 0 Å². The molecule has 1 N–H and O–H groups in total. The maximum Gasteiger partial charge on any atom is 0.304 e. The van der Waals surface area contributed by atoms with Crippen molar-refractivity contribution in [3.05, 3.63) is 70.5 Å². The SMILES string of the molecule is COc1ccc2c(c1)C=C(c1c(C(=O)N3CC(C)N(C)C(C)C3)cnn1C)Cn1c-2c(C2CCCCC2)c2ccc(C(=O)NS(=O)(=O)N3CCOCC3)cc21. The number of allylic oxidation sites excluding steroid dienone is 1. The van der Waals surface area contributed by atoms with E-state index in [2.05, 4.69) is 52.3 Å². The van der Waals surface area contributed by atoms with Crippen molar-refractivity contribution in [1.82, 2.24) is 33.2 Å². The van der Waals surface area contributed by atoms with E-state index in [0.29, 0.717) is 31.1 Å². The first-order valence-corrected chi connectivity index (χ1v) is 20.9. The number of fused-ring (bicyclic) bond motifs is 5. The van der Waals surface area contributed by atoms with E-state index in [0.717, 1.165) is 70.4 Å². The Kier molecular flexibility index (Phi) is 10.1. The third-order valence-electron chi connectivity index (χ3n) is 12.2. The summed E-state index contributed by atoms with van der Waals surface area (Å²) in [4.78, 5) is 32.4. The number of methoxy groups -OCH3 is 1. The van der Waals surface area contributed by atoms with Crippen molar-refractivity contribution >= 4 is 44.6 Å². The number of nitrogens with zero attached hydrogens (tertiary/aromatic N) is 6. The Morgan fingerprint density at radius 2 is 1.67 bits per heavy atom. The summed E-state index contributed by atoms with van der Waals surface area (Å²) in [5.74, 6) is 0.292. The number of rotatable bonds is 7. The van der Waals surface area contributed by atoms with E-state index in [1.807, 2.05) is 36.2 Å². The zero-order valence-electron chi connectivity index (χ0n) is 32.4. The lowest BCUT2D eigenvalue weighted by atomic mass is 9.81. The molecule has 2 unspecified atom stereocenters. The van der Waals surface area contributed by atoms with Crippen molar-refractivity contribution in [1.29, 1.82) is 0 Å². The molecule has 1 aliphatic carbocycles. The largest absolute Gasteiger partial charge is 0.497 e. The second-order valence-corrected chi connectivity index (χ2v) is 17.3. The van der Waals surface area contributed by atoms with Crippen LogP contribution in [0.15, 0.2) is 42.6 Å². The van der Waals surface area contributed by atoms with Gasteiger partial charge in [-0.2, -0.15) is 17.8 Å². The summed E-state index contributed by atoms with van der Waals surface area (Å²) in [6.07, 6.45) is 9.42. The van der Waals surface area contributed by atoms with E-state index in [1.165, 1.54) is 16.3 Å². The second kappa shape index (κ2) is 14.9. The molecular weight excluding hydrogens is 719 g/mol. The van der Waals surface area contributed by atoms with Crippen LogP contribution in [0.1, 0.15) is 89.4 Å². The number of nitrogens with one attached hydrogen (secondary N) is 1. The Bertz CT molecular complexity index is 2270. The van der Waals surface area contributed by atoms with E-state index in [4.69, 9.17) is 9.47 Å². The lowest BCUT2D eigenvalue weighted by Crippen LogP contribution is -2.56. The van der Waals surface area contributed by atoms with Gasteiger partial charge < -0.3 is 18.9 Å². The molecule has 2 saturated heterocycles. The van der Waals surface area contributed by atoms with E-state index in [9.17, 15) is 18.0 Å². The number of carbonyl (C=O) groups is 2. The summed E-state index contributed by atoms with van der Waals surface area (Å²) < 4.78 is 45.2. The molecule has 5 heterocycles. The maximum absolute atomic E-state index is 14.4. The molecule has 3 fully saturated rings. The minimum Gasteiger partial charge on any atom is -0.497 e. The molecule has 2 amide bonds. The Labute approximate surface area is 323 Å². The number of aromatic nitrogens is 3. The fourth-order valence-corrected chi connectivity index (χ4v) is 10.2. The summed E-state index contributed by atoms with van der Waals surface area (Å²) in [5, 5.41) is 5.69. The third-order valence-corrected chi connectivity index (χ3v) is 13.7. The number of piperazine rings is 1. The highest BCUT2D eigenvalue weighted by Gasteiger charge is 2.35. The summed E-state index contributed by atoms with van der Waals surface area (Å²) in [6.45, 7) is 6.85. The highest BCUT2D eigenvalue weighted by atomic mass is 32.2. The fraction of sp³-hybridized carbons (Fsp3) is 0.488. The van der Waals surface area contributed by atoms with Gasteiger partial charge >= 0.3 is 10.2 Å². The first-order chi connectivity index (χ1) is 26.4. The van der Waals surface area contributed by atoms with Crippen LogP contribution in [0.25, 0.3) is 33.8 Å². The van der Waals surface area contributed by atoms with Crippen molar-refractivity contribution in [2.75, 3.05) is 53.6 Å². The van der Waals surface area contributed by atoms with Gasteiger partial charge in [0.25, 0.3) is 11.8 Å². The molecule has 292 valence electrons. The third kappa shape index (κ3) is 6.87. The molecule has 2 atom stereocenters. The molecule has 3 aliphatic heterocycles. The quantitative estimate of drug-likeness (QED) is 0.274. The zero-order valence-corrected chi connectivity index (χ0v) is 33.2. The first kappa shape index (κ1) is 37.4. The summed E-state index contributed by atoms with van der Waals surface area (Å²) in [7, 11) is 1.58. The minimum absolute atomic E-state index is 0.0492. The molecule has 0 spiro atoms. The summed E-state index contributed by atoms with van der Waals surface area (Å²) in [5.41, 5.74) is 7.56. The maximum atomic E-state index is 14.4. The van der Waals surface area contributed by atoms with Gasteiger partial charge in [-0.3, -0.25) is 19.2 Å². The van der Waals surface area contributed by atoms with Crippen LogP contribution in [0.3, 0.4) is 0 Å². The molecule has 1 saturated carbocycles. The number of ether oxygens (including phenoxy) is 2. The fourth-order valence-electron chi connectivity index (χ4n) is 9.07. The predicted octanol–water partition coefficient (Wildman–Crippen LogP) is 5.12. The predicted molar refractivity (Wildman–Crippen MR) is 212 cm³/mol. The van der Waals surface area contributed by atoms with Gasteiger partial charge in [-0.05, 0) is 92.8 Å². The smallest absolute Gasteiger partial charge is 0.304 e. The number of morpholine rings is 1. The molecule has 0 bridgehead atoms. The van der Waals surface area contributed by atoms with Crippen LogP contribution in [0.4, 0.5) is 0 Å².